The second kappa shape index (κ2) is 10.5. The zero-order valence-corrected chi connectivity index (χ0v) is 17.9. The van der Waals surface area contributed by atoms with Crippen LogP contribution in [0.25, 0.3) is 6.08 Å². The van der Waals surface area contributed by atoms with Gasteiger partial charge in [0.25, 0.3) is 0 Å². The quantitative estimate of drug-likeness (QED) is 0.473. The molecule has 29 heavy (non-hydrogen) atoms. The summed E-state index contributed by atoms with van der Waals surface area (Å²) >= 11 is 0. The first kappa shape index (κ1) is 23.1. The molecule has 1 N–H and O–H groups in total. The van der Waals surface area contributed by atoms with Crippen LogP contribution in [0.3, 0.4) is 0 Å². The number of ether oxygens (including phenoxy) is 2. The molecule has 6 heteroatoms. The molecule has 160 valence electrons. The number of esters is 2. The lowest BCUT2D eigenvalue weighted by atomic mass is 9.87. The molecule has 1 unspecified atom stereocenters. The van der Waals surface area contributed by atoms with Crippen LogP contribution in [0.2, 0.25) is 0 Å². The Kier molecular flexibility index (Phi) is 8.38. The summed E-state index contributed by atoms with van der Waals surface area (Å²) in [5.41, 5.74) is -0.180. The van der Waals surface area contributed by atoms with E-state index in [4.69, 9.17) is 9.47 Å². The topological polar surface area (TPSA) is 85.7 Å². The number of aliphatic hydroxyl groups is 1. The van der Waals surface area contributed by atoms with Gasteiger partial charge in [-0.1, -0.05) is 33.8 Å². The number of aromatic nitrogens is 1. The molecular weight excluding hydrogens is 370 g/mol. The Bertz CT molecular complexity index is 703. The Hall–Kier alpha value is -2.21. The summed E-state index contributed by atoms with van der Waals surface area (Å²) in [6, 6.07) is 5.40. The molecule has 1 atom stereocenters. The number of rotatable bonds is 10. The Morgan fingerprint density at radius 3 is 2.52 bits per heavy atom. The number of carbonyl (C=O) groups excluding carboxylic acids is 2. The molecule has 0 saturated carbocycles. The number of cyclic esters (lactones) is 1. The number of carbonyl (C=O) groups is 2. The van der Waals surface area contributed by atoms with Gasteiger partial charge in [-0.15, -0.1) is 0 Å². The normalized spacial score (nSPS) is 20.7. The monoisotopic (exact) mass is 403 g/mol. The van der Waals surface area contributed by atoms with E-state index in [1.807, 2.05) is 6.07 Å². The Morgan fingerprint density at radius 1 is 1.28 bits per heavy atom. The van der Waals surface area contributed by atoms with Gasteiger partial charge in [-0.25, -0.2) is 4.79 Å². The van der Waals surface area contributed by atoms with Crippen LogP contribution in [-0.4, -0.2) is 40.8 Å². The highest BCUT2D eigenvalue weighted by Gasteiger charge is 2.44. The third-order valence-electron chi connectivity index (χ3n) is 4.94. The van der Waals surface area contributed by atoms with Crippen LogP contribution < -0.4 is 0 Å². The molecule has 1 aliphatic rings. The van der Waals surface area contributed by atoms with Gasteiger partial charge >= 0.3 is 11.9 Å². The first-order valence-electron chi connectivity index (χ1n) is 10.3. The first-order valence-corrected chi connectivity index (χ1v) is 10.3. The first-order chi connectivity index (χ1) is 13.7. The van der Waals surface area contributed by atoms with E-state index in [2.05, 4.69) is 32.7 Å². The van der Waals surface area contributed by atoms with Crippen molar-refractivity contribution in [1.29, 1.82) is 0 Å². The molecule has 2 heterocycles. The minimum atomic E-state index is -1.22. The van der Waals surface area contributed by atoms with E-state index < -0.39 is 18.2 Å². The Labute approximate surface area is 173 Å². The standard InChI is InChI=1S/C23H33NO5/c1-16(2)9-18(10-17(3)4)11-21(26)28-15-23(14-25)13-19(22(27)29-23)12-20-7-5-6-8-24-20/h5-8,12,16-18,25H,9-11,13-15H2,1-4H3/b19-12+. The van der Waals surface area contributed by atoms with Crippen molar-refractivity contribution in [2.24, 2.45) is 17.8 Å². The second-order valence-electron chi connectivity index (χ2n) is 8.82. The highest BCUT2D eigenvalue weighted by atomic mass is 16.6. The van der Waals surface area contributed by atoms with E-state index >= 15 is 0 Å². The summed E-state index contributed by atoms with van der Waals surface area (Å²) in [6.07, 6.45) is 5.71. The highest BCUT2D eigenvalue weighted by molar-refractivity contribution is 5.96. The molecule has 0 spiro atoms. The van der Waals surface area contributed by atoms with Gasteiger partial charge in [-0.3, -0.25) is 9.78 Å². The van der Waals surface area contributed by atoms with Crippen LogP contribution >= 0.6 is 0 Å². The minimum Gasteiger partial charge on any atom is -0.461 e. The summed E-state index contributed by atoms with van der Waals surface area (Å²) in [5.74, 6) is 0.440. The van der Waals surface area contributed by atoms with E-state index in [1.165, 1.54) is 0 Å². The van der Waals surface area contributed by atoms with Crippen molar-refractivity contribution in [1.82, 2.24) is 4.98 Å². The van der Waals surface area contributed by atoms with Gasteiger partial charge in [0.2, 0.25) is 0 Å². The minimum absolute atomic E-state index is 0.149. The van der Waals surface area contributed by atoms with E-state index in [9.17, 15) is 14.7 Å². The molecule has 1 aromatic rings. The number of nitrogens with zero attached hydrogens (tertiary/aromatic N) is 1. The third kappa shape index (κ3) is 7.28. The van der Waals surface area contributed by atoms with Crippen LogP contribution in [0.1, 0.15) is 59.1 Å². The van der Waals surface area contributed by atoms with E-state index in [0.717, 1.165) is 12.8 Å². The van der Waals surface area contributed by atoms with Crippen molar-refractivity contribution in [2.75, 3.05) is 13.2 Å². The Morgan fingerprint density at radius 2 is 1.97 bits per heavy atom. The molecule has 0 radical (unpaired) electrons. The van der Waals surface area contributed by atoms with Crippen molar-refractivity contribution >= 4 is 18.0 Å². The van der Waals surface area contributed by atoms with E-state index in [1.54, 1.807) is 24.4 Å². The van der Waals surface area contributed by atoms with Gasteiger partial charge in [0.1, 0.15) is 6.61 Å². The summed E-state index contributed by atoms with van der Waals surface area (Å²) in [4.78, 5) is 28.8. The number of aliphatic hydroxyl groups excluding tert-OH is 1. The summed E-state index contributed by atoms with van der Waals surface area (Å²) in [7, 11) is 0. The third-order valence-corrected chi connectivity index (χ3v) is 4.94. The average Bonchev–Trinajstić information content (AvgIpc) is 2.96. The van der Waals surface area contributed by atoms with Gasteiger partial charge in [0.15, 0.2) is 5.60 Å². The summed E-state index contributed by atoms with van der Waals surface area (Å²) in [5, 5.41) is 9.84. The van der Waals surface area contributed by atoms with Crippen LogP contribution in [0.15, 0.2) is 30.0 Å². The molecule has 1 saturated heterocycles. The predicted octanol–water partition coefficient (Wildman–Crippen LogP) is 3.78. The Balaban J connectivity index is 1.97. The second-order valence-corrected chi connectivity index (χ2v) is 8.82. The van der Waals surface area contributed by atoms with Gasteiger partial charge < -0.3 is 14.6 Å². The predicted molar refractivity (Wildman–Crippen MR) is 111 cm³/mol. The van der Waals surface area contributed by atoms with Gasteiger partial charge in [-0.2, -0.15) is 0 Å². The number of hydrogen-bond donors (Lipinski definition) is 1. The van der Waals surface area contributed by atoms with Gasteiger partial charge in [-0.05, 0) is 48.8 Å². The molecule has 0 amide bonds. The molecule has 6 nitrogen and oxygen atoms in total. The smallest absolute Gasteiger partial charge is 0.335 e. The lowest BCUT2D eigenvalue weighted by Gasteiger charge is -2.25. The lowest BCUT2D eigenvalue weighted by molar-refractivity contribution is -0.166. The maximum absolute atomic E-state index is 12.4. The molecule has 0 aromatic carbocycles. The highest BCUT2D eigenvalue weighted by Crippen LogP contribution is 2.32. The zero-order chi connectivity index (χ0) is 21.4. The fraction of sp³-hybridized carbons (Fsp3) is 0.609. The zero-order valence-electron chi connectivity index (χ0n) is 17.9. The maximum Gasteiger partial charge on any atom is 0.335 e. The van der Waals surface area contributed by atoms with Gasteiger partial charge in [0.05, 0.1) is 12.3 Å². The van der Waals surface area contributed by atoms with Gasteiger partial charge in [0, 0.05) is 24.6 Å². The van der Waals surface area contributed by atoms with Crippen LogP contribution in [0, 0.1) is 17.8 Å². The molecular formula is C23H33NO5. The summed E-state index contributed by atoms with van der Waals surface area (Å²) in [6.45, 7) is 8.02. The van der Waals surface area contributed by atoms with Crippen LogP contribution in [-0.2, 0) is 19.1 Å². The lowest BCUT2D eigenvalue weighted by Crippen LogP contribution is -2.39. The largest absolute Gasteiger partial charge is 0.461 e. The van der Waals surface area contributed by atoms with Crippen LogP contribution in [0.4, 0.5) is 0 Å². The molecule has 0 bridgehead atoms. The molecule has 0 aliphatic carbocycles. The average molecular weight is 404 g/mol. The fourth-order valence-electron chi connectivity index (χ4n) is 3.78. The van der Waals surface area contributed by atoms with Crippen molar-refractivity contribution in [3.8, 4) is 0 Å². The van der Waals surface area contributed by atoms with E-state index in [-0.39, 0.29) is 24.9 Å². The molecule has 1 aliphatic heterocycles. The number of hydrogen-bond acceptors (Lipinski definition) is 6. The van der Waals surface area contributed by atoms with Crippen molar-refractivity contribution in [3.05, 3.63) is 35.7 Å². The molecule has 1 fully saturated rings. The summed E-state index contributed by atoms with van der Waals surface area (Å²) < 4.78 is 10.8. The van der Waals surface area contributed by atoms with Crippen LogP contribution in [0.5, 0.6) is 0 Å². The number of pyridine rings is 1. The van der Waals surface area contributed by atoms with Crippen molar-refractivity contribution < 1.29 is 24.2 Å². The fourth-order valence-corrected chi connectivity index (χ4v) is 3.78. The molecule has 1 aromatic heterocycles. The van der Waals surface area contributed by atoms with E-state index in [0.29, 0.717) is 29.5 Å². The molecule has 2 rings (SSSR count). The SMILES string of the molecule is CC(C)CC(CC(=O)OCC1(CO)C/C(=C\c2ccccn2)C(=O)O1)CC(C)C. The van der Waals surface area contributed by atoms with Crippen molar-refractivity contribution in [2.45, 2.75) is 59.0 Å². The maximum atomic E-state index is 12.4. The van der Waals surface area contributed by atoms with Crippen molar-refractivity contribution in [3.63, 3.8) is 0 Å².